The SMILES string of the molecule is CCCc1occ(Br)c(=O)c1O. The van der Waals surface area contributed by atoms with Crippen molar-refractivity contribution in [3.05, 3.63) is 26.7 Å². The van der Waals surface area contributed by atoms with Gasteiger partial charge in [0.15, 0.2) is 0 Å². The van der Waals surface area contributed by atoms with E-state index in [4.69, 9.17) is 4.42 Å². The Labute approximate surface area is 78.2 Å². The van der Waals surface area contributed by atoms with Gasteiger partial charge in [-0.3, -0.25) is 4.79 Å². The molecule has 0 amide bonds. The largest absolute Gasteiger partial charge is 0.502 e. The molecule has 0 radical (unpaired) electrons. The Morgan fingerprint density at radius 2 is 2.33 bits per heavy atom. The van der Waals surface area contributed by atoms with Gasteiger partial charge in [-0.2, -0.15) is 0 Å². The van der Waals surface area contributed by atoms with Crippen LogP contribution in [0.25, 0.3) is 0 Å². The molecule has 0 unspecified atom stereocenters. The molecule has 1 aromatic rings. The molecule has 0 spiro atoms. The molecule has 1 N–H and O–H groups in total. The molecule has 0 saturated heterocycles. The maximum atomic E-state index is 11.1. The van der Waals surface area contributed by atoms with E-state index in [0.29, 0.717) is 12.2 Å². The zero-order chi connectivity index (χ0) is 9.14. The number of aryl methyl sites for hydroxylation is 1. The third-order valence-corrected chi connectivity index (χ3v) is 2.02. The highest BCUT2D eigenvalue weighted by atomic mass is 79.9. The molecular weight excluding hydrogens is 224 g/mol. The second kappa shape index (κ2) is 3.76. The van der Waals surface area contributed by atoms with E-state index in [1.54, 1.807) is 0 Å². The summed E-state index contributed by atoms with van der Waals surface area (Å²) in [4.78, 5) is 11.1. The van der Waals surface area contributed by atoms with E-state index in [1.807, 2.05) is 6.92 Å². The van der Waals surface area contributed by atoms with Crippen molar-refractivity contribution in [2.24, 2.45) is 0 Å². The molecule has 0 bridgehead atoms. The molecule has 66 valence electrons. The summed E-state index contributed by atoms with van der Waals surface area (Å²) in [5, 5.41) is 9.27. The molecule has 1 heterocycles. The molecule has 0 aromatic carbocycles. The first-order chi connectivity index (χ1) is 5.66. The van der Waals surface area contributed by atoms with Crippen LogP contribution in [-0.2, 0) is 6.42 Å². The van der Waals surface area contributed by atoms with E-state index in [9.17, 15) is 9.90 Å². The monoisotopic (exact) mass is 232 g/mol. The van der Waals surface area contributed by atoms with Gasteiger partial charge in [0.05, 0.1) is 0 Å². The fourth-order valence-corrected chi connectivity index (χ4v) is 1.16. The average molecular weight is 233 g/mol. The van der Waals surface area contributed by atoms with Crippen LogP contribution in [0.4, 0.5) is 0 Å². The van der Waals surface area contributed by atoms with Gasteiger partial charge < -0.3 is 9.52 Å². The summed E-state index contributed by atoms with van der Waals surface area (Å²) in [5.41, 5.74) is -0.412. The van der Waals surface area contributed by atoms with E-state index >= 15 is 0 Å². The first-order valence-corrected chi connectivity index (χ1v) is 4.45. The number of hydrogen-bond donors (Lipinski definition) is 1. The lowest BCUT2D eigenvalue weighted by Crippen LogP contribution is -2.03. The smallest absolute Gasteiger partial charge is 0.240 e. The van der Waals surface area contributed by atoms with Crippen molar-refractivity contribution >= 4 is 15.9 Å². The zero-order valence-electron chi connectivity index (χ0n) is 6.63. The van der Waals surface area contributed by atoms with Crippen LogP contribution in [-0.4, -0.2) is 5.11 Å². The van der Waals surface area contributed by atoms with Crippen molar-refractivity contribution in [1.29, 1.82) is 0 Å². The quantitative estimate of drug-likeness (QED) is 0.850. The standard InChI is InChI=1S/C8H9BrO3/c1-2-3-6-8(11)7(10)5(9)4-12-6/h4,11H,2-3H2,1H3. The highest BCUT2D eigenvalue weighted by Gasteiger charge is 2.09. The molecule has 12 heavy (non-hydrogen) atoms. The van der Waals surface area contributed by atoms with Gasteiger partial charge in [0, 0.05) is 6.42 Å². The van der Waals surface area contributed by atoms with Gasteiger partial charge in [0.25, 0.3) is 0 Å². The van der Waals surface area contributed by atoms with Crippen molar-refractivity contribution in [3.63, 3.8) is 0 Å². The molecular formula is C8H9BrO3. The summed E-state index contributed by atoms with van der Waals surface area (Å²) >= 11 is 2.97. The number of hydrogen-bond acceptors (Lipinski definition) is 3. The molecule has 0 saturated carbocycles. The Bertz CT molecular complexity index is 330. The Balaban J connectivity index is 3.18. The maximum Gasteiger partial charge on any atom is 0.240 e. The molecule has 3 nitrogen and oxygen atoms in total. The molecule has 0 aliphatic carbocycles. The van der Waals surface area contributed by atoms with Gasteiger partial charge in [-0.15, -0.1) is 0 Å². The Morgan fingerprint density at radius 1 is 1.67 bits per heavy atom. The van der Waals surface area contributed by atoms with Crippen molar-refractivity contribution in [3.8, 4) is 5.75 Å². The van der Waals surface area contributed by atoms with Crippen LogP contribution in [0.2, 0.25) is 0 Å². The van der Waals surface area contributed by atoms with Crippen molar-refractivity contribution in [1.82, 2.24) is 0 Å². The topological polar surface area (TPSA) is 50.4 Å². The molecule has 0 aliphatic heterocycles. The highest BCUT2D eigenvalue weighted by molar-refractivity contribution is 9.10. The van der Waals surface area contributed by atoms with E-state index in [2.05, 4.69) is 15.9 Å². The van der Waals surface area contributed by atoms with Gasteiger partial charge in [-0.25, -0.2) is 0 Å². The summed E-state index contributed by atoms with van der Waals surface area (Å²) in [6.07, 6.45) is 2.71. The first kappa shape index (κ1) is 9.32. The minimum absolute atomic E-state index is 0.250. The second-order valence-electron chi connectivity index (χ2n) is 2.43. The molecule has 1 aromatic heterocycles. The van der Waals surface area contributed by atoms with E-state index < -0.39 is 5.43 Å². The molecule has 4 heteroatoms. The summed E-state index contributed by atoms with van der Waals surface area (Å²) in [6.45, 7) is 1.95. The first-order valence-electron chi connectivity index (χ1n) is 3.66. The van der Waals surface area contributed by atoms with Crippen molar-refractivity contribution in [2.45, 2.75) is 19.8 Å². The number of aromatic hydroxyl groups is 1. The lowest BCUT2D eigenvalue weighted by atomic mass is 10.2. The minimum atomic E-state index is -0.412. The van der Waals surface area contributed by atoms with Gasteiger partial charge in [0.2, 0.25) is 11.2 Å². The number of halogens is 1. The zero-order valence-corrected chi connectivity index (χ0v) is 8.22. The predicted molar refractivity (Wildman–Crippen MR) is 48.3 cm³/mol. The summed E-state index contributed by atoms with van der Waals surface area (Å²) in [7, 11) is 0. The normalized spacial score (nSPS) is 10.2. The van der Waals surface area contributed by atoms with E-state index in [1.165, 1.54) is 6.26 Å². The summed E-state index contributed by atoms with van der Waals surface area (Å²) in [5.74, 6) is 0.0666. The summed E-state index contributed by atoms with van der Waals surface area (Å²) < 4.78 is 5.26. The molecule has 0 aliphatic rings. The van der Waals surface area contributed by atoms with Gasteiger partial charge >= 0.3 is 0 Å². The molecule has 0 atom stereocenters. The van der Waals surface area contributed by atoms with Crippen LogP contribution in [0.15, 0.2) is 19.9 Å². The third kappa shape index (κ3) is 1.69. The van der Waals surface area contributed by atoms with Crippen LogP contribution in [0, 0.1) is 0 Å². The van der Waals surface area contributed by atoms with Crippen molar-refractivity contribution < 1.29 is 9.52 Å². The van der Waals surface area contributed by atoms with Gasteiger partial charge in [-0.05, 0) is 22.4 Å². The van der Waals surface area contributed by atoms with Gasteiger partial charge in [-0.1, -0.05) is 6.92 Å². The van der Waals surface area contributed by atoms with Gasteiger partial charge in [0.1, 0.15) is 16.5 Å². The Hall–Kier alpha value is -0.770. The lowest BCUT2D eigenvalue weighted by molar-refractivity contribution is 0.396. The summed E-state index contributed by atoms with van der Waals surface area (Å²) in [6, 6.07) is 0. The van der Waals surface area contributed by atoms with Crippen LogP contribution in [0.5, 0.6) is 5.75 Å². The highest BCUT2D eigenvalue weighted by Crippen LogP contribution is 2.16. The van der Waals surface area contributed by atoms with Crippen LogP contribution in [0.1, 0.15) is 19.1 Å². The van der Waals surface area contributed by atoms with Crippen LogP contribution in [0.3, 0.4) is 0 Å². The lowest BCUT2D eigenvalue weighted by Gasteiger charge is -1.99. The predicted octanol–water partition coefficient (Wildman–Crippen LogP) is 2.06. The second-order valence-corrected chi connectivity index (χ2v) is 3.29. The van der Waals surface area contributed by atoms with Crippen LogP contribution < -0.4 is 5.43 Å². The average Bonchev–Trinajstić information content (AvgIpc) is 2.07. The fourth-order valence-electron chi connectivity index (χ4n) is 0.876. The maximum absolute atomic E-state index is 11.1. The Morgan fingerprint density at radius 3 is 2.92 bits per heavy atom. The van der Waals surface area contributed by atoms with Crippen molar-refractivity contribution in [2.75, 3.05) is 0 Å². The third-order valence-electron chi connectivity index (χ3n) is 1.48. The molecule has 1 rings (SSSR count). The van der Waals surface area contributed by atoms with E-state index in [-0.39, 0.29) is 10.2 Å². The molecule has 0 fully saturated rings. The minimum Gasteiger partial charge on any atom is -0.502 e. The van der Waals surface area contributed by atoms with E-state index in [0.717, 1.165) is 6.42 Å². The van der Waals surface area contributed by atoms with Crippen LogP contribution >= 0.6 is 15.9 Å². The fraction of sp³-hybridized carbons (Fsp3) is 0.375. The Kier molecular flexibility index (Phi) is 2.92. The number of rotatable bonds is 2.